The fraction of sp³-hybridized carbons (Fsp3) is 0.500. The second kappa shape index (κ2) is 7.22. The highest BCUT2D eigenvalue weighted by Crippen LogP contribution is 2.24. The van der Waals surface area contributed by atoms with Crippen molar-refractivity contribution in [2.45, 2.75) is 39.2 Å². The Morgan fingerprint density at radius 1 is 1.38 bits per heavy atom. The second-order valence-electron chi connectivity index (χ2n) is 5.65. The molecule has 1 aliphatic rings. The minimum Gasteiger partial charge on any atom is -0.338 e. The summed E-state index contributed by atoms with van der Waals surface area (Å²) in [4.78, 5) is 25.4. The number of nitrogens with one attached hydrogen (secondary N) is 1. The molecule has 21 heavy (non-hydrogen) atoms. The van der Waals surface area contributed by atoms with Crippen molar-refractivity contribution in [2.24, 2.45) is 11.8 Å². The van der Waals surface area contributed by atoms with Crippen molar-refractivity contribution in [3.05, 3.63) is 35.4 Å². The van der Waals surface area contributed by atoms with Crippen LogP contribution in [-0.2, 0) is 22.6 Å². The van der Waals surface area contributed by atoms with Gasteiger partial charge in [0.25, 0.3) is 0 Å². The van der Waals surface area contributed by atoms with Gasteiger partial charge in [0.2, 0.25) is 11.8 Å². The molecule has 2 rings (SSSR count). The van der Waals surface area contributed by atoms with E-state index < -0.39 is 0 Å². The maximum absolute atomic E-state index is 12.1. The Bertz CT molecular complexity index is 516. The monoisotopic (exact) mass is 289 g/mol. The standard InChI is InChI=1S/C16H23N3O2/c1-2-5-12-8-16(21)19(10-12)11-14-7-4-3-6-13(14)9-15(20)18-17/h3-4,6-7,12H,2,5,8-11,17H2,1H3,(H,18,20). The third-order valence-corrected chi connectivity index (χ3v) is 3.98. The van der Waals surface area contributed by atoms with Crippen LogP contribution in [0.25, 0.3) is 0 Å². The summed E-state index contributed by atoms with van der Waals surface area (Å²) in [5.74, 6) is 5.61. The van der Waals surface area contributed by atoms with Crippen LogP contribution in [0.3, 0.4) is 0 Å². The van der Waals surface area contributed by atoms with Crippen LogP contribution in [0.4, 0.5) is 0 Å². The average Bonchev–Trinajstić information content (AvgIpc) is 2.81. The van der Waals surface area contributed by atoms with E-state index in [1.807, 2.05) is 29.2 Å². The fourth-order valence-electron chi connectivity index (χ4n) is 2.92. The number of carbonyl (C=O) groups excluding carboxylic acids is 2. The van der Waals surface area contributed by atoms with Gasteiger partial charge in [0.1, 0.15) is 0 Å². The normalized spacial score (nSPS) is 18.1. The number of rotatable bonds is 6. The van der Waals surface area contributed by atoms with Crippen LogP contribution in [0.2, 0.25) is 0 Å². The number of nitrogens with zero attached hydrogens (tertiary/aromatic N) is 1. The van der Waals surface area contributed by atoms with Gasteiger partial charge in [0.15, 0.2) is 0 Å². The largest absolute Gasteiger partial charge is 0.338 e. The summed E-state index contributed by atoms with van der Waals surface area (Å²) >= 11 is 0. The molecule has 114 valence electrons. The van der Waals surface area contributed by atoms with Crippen LogP contribution in [0, 0.1) is 5.92 Å². The molecule has 0 bridgehead atoms. The minimum absolute atomic E-state index is 0.214. The van der Waals surface area contributed by atoms with Gasteiger partial charge in [-0.05, 0) is 23.5 Å². The van der Waals surface area contributed by atoms with E-state index in [4.69, 9.17) is 5.84 Å². The van der Waals surface area contributed by atoms with Gasteiger partial charge in [-0.15, -0.1) is 0 Å². The highest BCUT2D eigenvalue weighted by Gasteiger charge is 2.29. The quantitative estimate of drug-likeness (QED) is 0.472. The van der Waals surface area contributed by atoms with E-state index in [2.05, 4.69) is 12.3 Å². The van der Waals surface area contributed by atoms with Crippen molar-refractivity contribution in [2.75, 3.05) is 6.54 Å². The fourth-order valence-corrected chi connectivity index (χ4v) is 2.92. The average molecular weight is 289 g/mol. The maximum Gasteiger partial charge on any atom is 0.238 e. The summed E-state index contributed by atoms with van der Waals surface area (Å²) in [5.41, 5.74) is 4.09. The van der Waals surface area contributed by atoms with Crippen LogP contribution >= 0.6 is 0 Å². The highest BCUT2D eigenvalue weighted by atomic mass is 16.2. The molecule has 2 amide bonds. The summed E-state index contributed by atoms with van der Waals surface area (Å²) < 4.78 is 0. The van der Waals surface area contributed by atoms with Crippen molar-refractivity contribution < 1.29 is 9.59 Å². The molecule has 0 radical (unpaired) electrons. The van der Waals surface area contributed by atoms with E-state index >= 15 is 0 Å². The van der Waals surface area contributed by atoms with Crippen molar-refractivity contribution >= 4 is 11.8 Å². The smallest absolute Gasteiger partial charge is 0.238 e. The Morgan fingerprint density at radius 2 is 2.10 bits per heavy atom. The molecule has 5 heteroatoms. The molecular weight excluding hydrogens is 266 g/mol. The molecule has 0 aliphatic carbocycles. The zero-order valence-electron chi connectivity index (χ0n) is 12.5. The summed E-state index contributed by atoms with van der Waals surface area (Å²) in [7, 11) is 0. The SMILES string of the molecule is CCCC1CC(=O)N(Cc2ccccc2CC(=O)NN)C1. The number of likely N-dealkylation sites (tertiary alicyclic amines) is 1. The van der Waals surface area contributed by atoms with Crippen LogP contribution in [-0.4, -0.2) is 23.3 Å². The summed E-state index contributed by atoms with van der Waals surface area (Å²) in [6.07, 6.45) is 3.10. The van der Waals surface area contributed by atoms with E-state index in [1.165, 1.54) is 0 Å². The van der Waals surface area contributed by atoms with Crippen molar-refractivity contribution in [1.29, 1.82) is 0 Å². The Labute approximate surface area is 125 Å². The molecule has 0 spiro atoms. The number of nitrogens with two attached hydrogens (primary N) is 1. The Balaban J connectivity index is 2.06. The molecule has 1 fully saturated rings. The third kappa shape index (κ3) is 4.04. The van der Waals surface area contributed by atoms with Crippen LogP contribution in [0.5, 0.6) is 0 Å². The molecule has 1 heterocycles. The Kier molecular flexibility index (Phi) is 5.33. The van der Waals surface area contributed by atoms with Gasteiger partial charge in [0, 0.05) is 19.5 Å². The zero-order chi connectivity index (χ0) is 15.2. The van der Waals surface area contributed by atoms with Gasteiger partial charge >= 0.3 is 0 Å². The number of benzene rings is 1. The number of hydrazine groups is 1. The maximum atomic E-state index is 12.1. The molecule has 0 saturated carbocycles. The number of hydrogen-bond donors (Lipinski definition) is 2. The molecular formula is C16H23N3O2. The number of amides is 2. The summed E-state index contributed by atoms with van der Waals surface area (Å²) in [5, 5.41) is 0. The Hall–Kier alpha value is -1.88. The topological polar surface area (TPSA) is 75.4 Å². The lowest BCUT2D eigenvalue weighted by molar-refractivity contribution is -0.128. The van der Waals surface area contributed by atoms with Gasteiger partial charge in [-0.2, -0.15) is 0 Å². The molecule has 1 aromatic carbocycles. The van der Waals surface area contributed by atoms with Gasteiger partial charge in [-0.1, -0.05) is 37.6 Å². The summed E-state index contributed by atoms with van der Waals surface area (Å²) in [6.45, 7) is 3.55. The van der Waals surface area contributed by atoms with Gasteiger partial charge in [0.05, 0.1) is 6.42 Å². The van der Waals surface area contributed by atoms with E-state index in [0.29, 0.717) is 18.9 Å². The minimum atomic E-state index is -0.223. The molecule has 1 unspecified atom stereocenters. The number of carbonyl (C=O) groups is 2. The van der Waals surface area contributed by atoms with E-state index in [9.17, 15) is 9.59 Å². The van der Waals surface area contributed by atoms with Crippen molar-refractivity contribution in [1.82, 2.24) is 10.3 Å². The van der Waals surface area contributed by atoms with Gasteiger partial charge < -0.3 is 4.90 Å². The first-order valence-corrected chi connectivity index (χ1v) is 7.48. The predicted octanol–water partition coefficient (Wildman–Crippen LogP) is 1.37. The van der Waals surface area contributed by atoms with Gasteiger partial charge in [-0.3, -0.25) is 15.0 Å². The van der Waals surface area contributed by atoms with E-state index in [1.54, 1.807) is 0 Å². The molecule has 5 nitrogen and oxygen atoms in total. The van der Waals surface area contributed by atoms with E-state index in [-0.39, 0.29) is 18.2 Å². The molecule has 1 saturated heterocycles. The van der Waals surface area contributed by atoms with Crippen molar-refractivity contribution in [3.8, 4) is 0 Å². The van der Waals surface area contributed by atoms with Crippen LogP contribution < -0.4 is 11.3 Å². The first kappa shape index (κ1) is 15.5. The Morgan fingerprint density at radius 3 is 2.76 bits per heavy atom. The van der Waals surface area contributed by atoms with E-state index in [0.717, 1.165) is 30.5 Å². The van der Waals surface area contributed by atoms with Gasteiger partial charge in [-0.25, -0.2) is 5.84 Å². The lowest BCUT2D eigenvalue weighted by Gasteiger charge is -2.19. The molecule has 0 aromatic heterocycles. The first-order chi connectivity index (χ1) is 10.1. The third-order valence-electron chi connectivity index (χ3n) is 3.98. The summed E-state index contributed by atoms with van der Waals surface area (Å²) in [6, 6.07) is 7.71. The second-order valence-corrected chi connectivity index (χ2v) is 5.65. The first-order valence-electron chi connectivity index (χ1n) is 7.48. The zero-order valence-corrected chi connectivity index (χ0v) is 12.5. The van der Waals surface area contributed by atoms with Crippen LogP contribution in [0.15, 0.2) is 24.3 Å². The predicted molar refractivity (Wildman–Crippen MR) is 80.9 cm³/mol. The molecule has 1 aliphatic heterocycles. The molecule has 1 atom stereocenters. The lowest BCUT2D eigenvalue weighted by Crippen LogP contribution is -2.32. The number of hydrogen-bond acceptors (Lipinski definition) is 3. The highest BCUT2D eigenvalue weighted by molar-refractivity contribution is 5.79. The van der Waals surface area contributed by atoms with Crippen molar-refractivity contribution in [3.63, 3.8) is 0 Å². The van der Waals surface area contributed by atoms with Crippen LogP contribution in [0.1, 0.15) is 37.3 Å². The molecule has 3 N–H and O–H groups in total. The lowest BCUT2D eigenvalue weighted by atomic mass is 10.0. The molecule has 1 aromatic rings.